The minimum Gasteiger partial charge on any atom is -0.487 e. The molecule has 0 N–H and O–H groups in total. The van der Waals surface area contributed by atoms with Crippen molar-refractivity contribution in [3.8, 4) is 5.75 Å². The highest BCUT2D eigenvalue weighted by atomic mass is 28.4. The predicted octanol–water partition coefficient (Wildman–Crippen LogP) is 6.64. The first-order valence-electron chi connectivity index (χ1n) is 10.0. The number of rotatable bonds is 15. The maximum absolute atomic E-state index is 13.5. The first-order valence-corrected chi connectivity index (χ1v) is 12.5. The summed E-state index contributed by atoms with van der Waals surface area (Å²) in [5, 5.41) is 0. The fourth-order valence-electron chi connectivity index (χ4n) is 2.96. The Kier molecular flexibility index (Phi) is 11.7. The van der Waals surface area contributed by atoms with Crippen molar-refractivity contribution in [3.05, 3.63) is 29.1 Å². The lowest BCUT2D eigenvalue weighted by Gasteiger charge is -2.22. The summed E-state index contributed by atoms with van der Waals surface area (Å²) in [5.41, 5.74) is 0. The molecule has 0 aliphatic heterocycles. The van der Waals surface area contributed by atoms with Crippen LogP contribution in [-0.2, 0) is 8.85 Å². The summed E-state index contributed by atoms with van der Waals surface area (Å²) in [6.45, 7) is 1.96. The minimum atomic E-state index is -2.18. The van der Waals surface area contributed by atoms with Crippen molar-refractivity contribution >= 4 is 8.56 Å². The predicted molar refractivity (Wildman–Crippen MR) is 104 cm³/mol. The van der Waals surface area contributed by atoms with Crippen molar-refractivity contribution in [2.75, 3.05) is 20.8 Å². The molecule has 0 unspecified atom stereocenters. The molecule has 0 bridgehead atoms. The van der Waals surface area contributed by atoms with Crippen LogP contribution >= 0.6 is 0 Å². The van der Waals surface area contributed by atoms with Gasteiger partial charge in [-0.3, -0.25) is 0 Å². The molecule has 9 heteroatoms. The molecule has 0 amide bonds. The van der Waals surface area contributed by atoms with Crippen LogP contribution in [0.3, 0.4) is 0 Å². The zero-order valence-corrected chi connectivity index (χ0v) is 18.4. The Morgan fingerprint density at radius 2 is 0.966 bits per heavy atom. The molecule has 1 aromatic carbocycles. The van der Waals surface area contributed by atoms with E-state index in [2.05, 4.69) is 6.55 Å². The van der Waals surface area contributed by atoms with Gasteiger partial charge in [0.05, 0.1) is 6.61 Å². The molecule has 0 aliphatic carbocycles. The lowest BCUT2D eigenvalue weighted by atomic mass is 10.1. The maximum atomic E-state index is 13.5. The Labute approximate surface area is 170 Å². The molecule has 0 atom stereocenters. The van der Waals surface area contributed by atoms with Gasteiger partial charge >= 0.3 is 8.56 Å². The monoisotopic (exact) mass is 442 g/mol. The first-order chi connectivity index (χ1) is 13.8. The second kappa shape index (κ2) is 13.2. The largest absolute Gasteiger partial charge is 0.487 e. The summed E-state index contributed by atoms with van der Waals surface area (Å²) in [7, 11) is 1.45. The van der Waals surface area contributed by atoms with Gasteiger partial charge in [0.1, 0.15) is 0 Å². The van der Waals surface area contributed by atoms with E-state index in [4.69, 9.17) is 13.6 Å². The molecule has 0 aliphatic rings. The van der Waals surface area contributed by atoms with Crippen LogP contribution in [0.15, 0.2) is 0 Å². The fourth-order valence-corrected chi connectivity index (χ4v) is 4.43. The number of hydrogen-bond donors (Lipinski definition) is 0. The van der Waals surface area contributed by atoms with Crippen LogP contribution in [0.25, 0.3) is 0 Å². The van der Waals surface area contributed by atoms with Gasteiger partial charge in [0.25, 0.3) is 0 Å². The van der Waals surface area contributed by atoms with Crippen LogP contribution in [0, 0.1) is 29.1 Å². The lowest BCUT2D eigenvalue weighted by molar-refractivity contribution is 0.248. The average molecular weight is 443 g/mol. The van der Waals surface area contributed by atoms with Gasteiger partial charge in [-0.05, 0) is 19.0 Å². The highest BCUT2D eigenvalue weighted by Crippen LogP contribution is 2.29. The normalized spacial score (nSPS) is 11.9. The molecule has 0 saturated carbocycles. The number of hydrogen-bond acceptors (Lipinski definition) is 3. The fraction of sp³-hybridized carbons (Fsp3) is 0.700. The number of benzene rings is 1. The van der Waals surface area contributed by atoms with Crippen molar-refractivity contribution < 1.29 is 35.5 Å². The molecule has 1 aromatic rings. The van der Waals surface area contributed by atoms with Crippen LogP contribution in [0.1, 0.15) is 57.8 Å². The van der Waals surface area contributed by atoms with Gasteiger partial charge in [-0.25, -0.2) is 13.2 Å². The Morgan fingerprint density at radius 1 is 0.586 bits per heavy atom. The van der Waals surface area contributed by atoms with Crippen molar-refractivity contribution in [1.29, 1.82) is 0 Å². The molecular weight excluding hydrogens is 411 g/mol. The minimum absolute atomic E-state index is 0.0972. The summed E-state index contributed by atoms with van der Waals surface area (Å²) in [4.78, 5) is 0. The summed E-state index contributed by atoms with van der Waals surface area (Å²) in [6.07, 6.45) is 8.84. The van der Waals surface area contributed by atoms with Crippen molar-refractivity contribution in [2.24, 2.45) is 0 Å². The third kappa shape index (κ3) is 8.22. The van der Waals surface area contributed by atoms with Crippen molar-refractivity contribution in [2.45, 2.75) is 70.4 Å². The van der Waals surface area contributed by atoms with Gasteiger partial charge in [0, 0.05) is 14.2 Å². The second-order valence-electron chi connectivity index (χ2n) is 7.22. The topological polar surface area (TPSA) is 27.7 Å². The van der Waals surface area contributed by atoms with Crippen LogP contribution in [0.4, 0.5) is 22.0 Å². The van der Waals surface area contributed by atoms with Gasteiger partial charge in [-0.15, -0.1) is 0 Å². The highest BCUT2D eigenvalue weighted by Gasteiger charge is 2.28. The zero-order valence-electron chi connectivity index (χ0n) is 17.4. The number of ether oxygens (including phenoxy) is 1. The number of unbranched alkanes of at least 4 members (excludes halogenated alkanes) is 8. The summed E-state index contributed by atoms with van der Waals surface area (Å²) in [5.74, 6) is -11.2. The van der Waals surface area contributed by atoms with E-state index in [1.165, 1.54) is 0 Å². The number of halogens is 5. The summed E-state index contributed by atoms with van der Waals surface area (Å²) >= 11 is 0. The van der Waals surface area contributed by atoms with Gasteiger partial charge in [0.15, 0.2) is 5.75 Å². The van der Waals surface area contributed by atoms with Gasteiger partial charge in [0.2, 0.25) is 29.1 Å². The molecular formula is C20H31F5O3Si. The highest BCUT2D eigenvalue weighted by molar-refractivity contribution is 6.65. The smallest absolute Gasteiger partial charge is 0.334 e. The average Bonchev–Trinajstić information content (AvgIpc) is 2.73. The summed E-state index contributed by atoms with van der Waals surface area (Å²) in [6, 6.07) is 0.989. The quantitative estimate of drug-likeness (QED) is 0.100. The maximum Gasteiger partial charge on any atom is 0.334 e. The third-order valence-corrected chi connectivity index (χ3v) is 8.04. The Balaban J connectivity index is 2.09. The van der Waals surface area contributed by atoms with Gasteiger partial charge < -0.3 is 13.6 Å². The molecule has 0 aromatic heterocycles. The lowest BCUT2D eigenvalue weighted by Crippen LogP contribution is -2.35. The van der Waals surface area contributed by atoms with E-state index < -0.39 is 43.4 Å². The molecule has 29 heavy (non-hydrogen) atoms. The van der Waals surface area contributed by atoms with Gasteiger partial charge in [-0.2, -0.15) is 8.78 Å². The van der Waals surface area contributed by atoms with Crippen molar-refractivity contribution in [1.82, 2.24) is 0 Å². The molecule has 0 saturated heterocycles. The summed E-state index contributed by atoms with van der Waals surface area (Å²) < 4.78 is 81.7. The Hall–Kier alpha value is -1.19. The van der Waals surface area contributed by atoms with Gasteiger partial charge in [-0.1, -0.05) is 51.4 Å². The van der Waals surface area contributed by atoms with Crippen LogP contribution in [0.2, 0.25) is 12.6 Å². The Bertz CT molecular complexity index is 598. The Morgan fingerprint density at radius 3 is 1.41 bits per heavy atom. The SMILES string of the molecule is CO[Si](C)(CCCCCCCCCCCOc1c(F)c(F)c(F)c(F)c1F)OC. The molecule has 0 heterocycles. The zero-order chi connectivity index (χ0) is 21.9. The first kappa shape index (κ1) is 25.8. The molecule has 0 spiro atoms. The van der Waals surface area contributed by atoms with E-state index in [1.807, 2.05) is 0 Å². The molecule has 0 radical (unpaired) electrons. The molecule has 3 nitrogen and oxygen atoms in total. The van der Waals surface area contributed by atoms with Crippen LogP contribution in [0.5, 0.6) is 5.75 Å². The molecule has 0 fully saturated rings. The van der Waals surface area contributed by atoms with E-state index in [9.17, 15) is 22.0 Å². The van der Waals surface area contributed by atoms with Crippen LogP contribution in [-0.4, -0.2) is 29.4 Å². The van der Waals surface area contributed by atoms with E-state index in [-0.39, 0.29) is 6.61 Å². The third-order valence-electron chi connectivity index (χ3n) is 5.05. The second-order valence-corrected chi connectivity index (χ2v) is 10.8. The van der Waals surface area contributed by atoms with E-state index in [0.29, 0.717) is 6.42 Å². The molecule has 168 valence electrons. The van der Waals surface area contributed by atoms with E-state index >= 15 is 0 Å². The van der Waals surface area contributed by atoms with E-state index in [1.54, 1.807) is 14.2 Å². The van der Waals surface area contributed by atoms with Crippen LogP contribution < -0.4 is 4.74 Å². The standard InChI is InChI=1S/C20H31F5O3Si/c1-26-29(3,27-2)14-12-10-8-6-4-5-7-9-11-13-28-20-18(24)16(22)15(21)17(23)19(20)25/h4-14H2,1-3H3. The van der Waals surface area contributed by atoms with E-state index in [0.717, 1.165) is 57.4 Å². The van der Waals surface area contributed by atoms with Crippen molar-refractivity contribution in [3.63, 3.8) is 0 Å². The molecule has 1 rings (SSSR count).